The van der Waals surface area contributed by atoms with Gasteiger partial charge in [0.25, 0.3) is 0 Å². The third kappa shape index (κ3) is 7.33. The van der Waals surface area contributed by atoms with Crippen molar-refractivity contribution in [3.63, 3.8) is 0 Å². The summed E-state index contributed by atoms with van der Waals surface area (Å²) >= 11 is 0. The van der Waals surface area contributed by atoms with Crippen LogP contribution in [0.1, 0.15) is 18.4 Å². The minimum Gasteiger partial charge on any atom is -0.326 e. The standard InChI is InChI=1S/C23H30N4O2/c1-26-14-5-15-27(17-16-26)18-23(29)25-21-11-9-20(10-12-21)24-22(28)13-8-19-6-3-2-4-7-19/h2-4,6-7,9-12H,5,8,13-18H2,1H3,(H,24,28)(H,25,29). The van der Waals surface area contributed by atoms with Gasteiger partial charge in [-0.25, -0.2) is 0 Å². The first-order valence-corrected chi connectivity index (χ1v) is 10.2. The minimum atomic E-state index is -0.0169. The highest BCUT2D eigenvalue weighted by molar-refractivity contribution is 5.93. The van der Waals surface area contributed by atoms with Gasteiger partial charge in [0.2, 0.25) is 11.8 Å². The van der Waals surface area contributed by atoms with Crippen LogP contribution in [-0.2, 0) is 16.0 Å². The number of carbonyl (C=O) groups excluding carboxylic acids is 2. The maximum absolute atomic E-state index is 12.3. The third-order valence-corrected chi connectivity index (χ3v) is 5.12. The van der Waals surface area contributed by atoms with E-state index >= 15 is 0 Å². The highest BCUT2D eigenvalue weighted by Crippen LogP contribution is 2.14. The second-order valence-corrected chi connectivity index (χ2v) is 7.59. The van der Waals surface area contributed by atoms with E-state index in [1.165, 1.54) is 0 Å². The summed E-state index contributed by atoms with van der Waals surface area (Å²) in [5, 5.41) is 5.85. The fourth-order valence-electron chi connectivity index (χ4n) is 3.42. The zero-order valence-electron chi connectivity index (χ0n) is 17.1. The molecule has 2 aromatic rings. The fourth-order valence-corrected chi connectivity index (χ4v) is 3.42. The highest BCUT2D eigenvalue weighted by atomic mass is 16.2. The molecule has 0 aliphatic carbocycles. The van der Waals surface area contributed by atoms with E-state index in [2.05, 4.69) is 27.5 Å². The van der Waals surface area contributed by atoms with Gasteiger partial charge in [0.15, 0.2) is 0 Å². The number of rotatable bonds is 7. The van der Waals surface area contributed by atoms with Crippen molar-refractivity contribution in [3.05, 3.63) is 60.2 Å². The molecule has 1 aliphatic rings. The van der Waals surface area contributed by atoms with E-state index in [1.807, 2.05) is 54.6 Å². The Morgan fingerprint density at radius 1 is 0.828 bits per heavy atom. The van der Waals surface area contributed by atoms with Crippen LogP contribution in [0.3, 0.4) is 0 Å². The smallest absolute Gasteiger partial charge is 0.238 e. The van der Waals surface area contributed by atoms with E-state index in [9.17, 15) is 9.59 Å². The third-order valence-electron chi connectivity index (χ3n) is 5.12. The Balaban J connectivity index is 1.42. The van der Waals surface area contributed by atoms with E-state index in [1.54, 1.807) is 0 Å². The number of hydrogen-bond acceptors (Lipinski definition) is 4. The molecule has 0 unspecified atom stereocenters. The van der Waals surface area contributed by atoms with Crippen LogP contribution in [0, 0.1) is 0 Å². The predicted molar refractivity (Wildman–Crippen MR) is 117 cm³/mol. The van der Waals surface area contributed by atoms with Crippen LogP contribution < -0.4 is 10.6 Å². The van der Waals surface area contributed by atoms with E-state index in [0.29, 0.717) is 19.4 Å². The molecule has 0 saturated carbocycles. The largest absolute Gasteiger partial charge is 0.326 e. The van der Waals surface area contributed by atoms with Gasteiger partial charge >= 0.3 is 0 Å². The lowest BCUT2D eigenvalue weighted by atomic mass is 10.1. The van der Waals surface area contributed by atoms with Gasteiger partial charge in [-0.1, -0.05) is 30.3 Å². The van der Waals surface area contributed by atoms with Gasteiger partial charge in [0.1, 0.15) is 0 Å². The molecular formula is C23H30N4O2. The lowest BCUT2D eigenvalue weighted by molar-refractivity contribution is -0.117. The van der Waals surface area contributed by atoms with Crippen LogP contribution in [0.15, 0.2) is 54.6 Å². The van der Waals surface area contributed by atoms with Crippen LogP contribution in [0.5, 0.6) is 0 Å². The average Bonchev–Trinajstić information content (AvgIpc) is 2.93. The molecule has 2 amide bonds. The molecule has 0 radical (unpaired) electrons. The van der Waals surface area contributed by atoms with E-state index in [4.69, 9.17) is 0 Å². The maximum Gasteiger partial charge on any atom is 0.238 e. The number of nitrogens with one attached hydrogen (secondary N) is 2. The number of hydrogen-bond donors (Lipinski definition) is 2. The Kier molecular flexibility index (Phi) is 7.78. The van der Waals surface area contributed by atoms with Crippen molar-refractivity contribution < 1.29 is 9.59 Å². The summed E-state index contributed by atoms with van der Waals surface area (Å²) < 4.78 is 0. The predicted octanol–water partition coefficient (Wildman–Crippen LogP) is 2.83. The summed E-state index contributed by atoms with van der Waals surface area (Å²) in [6, 6.07) is 17.2. The second kappa shape index (κ2) is 10.7. The molecule has 6 nitrogen and oxygen atoms in total. The van der Waals surface area contributed by atoms with Crippen LogP contribution in [0.2, 0.25) is 0 Å². The number of benzene rings is 2. The van der Waals surface area contributed by atoms with Crippen molar-refractivity contribution in [2.45, 2.75) is 19.3 Å². The molecule has 0 bridgehead atoms. The van der Waals surface area contributed by atoms with Crippen LogP contribution in [-0.4, -0.2) is 61.4 Å². The number of amides is 2. The normalized spacial score (nSPS) is 15.5. The Bertz CT molecular complexity index is 792. The Labute approximate surface area is 172 Å². The van der Waals surface area contributed by atoms with E-state index < -0.39 is 0 Å². The quantitative estimate of drug-likeness (QED) is 0.758. The molecule has 154 valence electrons. The highest BCUT2D eigenvalue weighted by Gasteiger charge is 2.15. The Hall–Kier alpha value is -2.70. The van der Waals surface area contributed by atoms with Gasteiger partial charge in [-0.05, 0) is 62.8 Å². The maximum atomic E-state index is 12.3. The lowest BCUT2D eigenvalue weighted by Crippen LogP contribution is -2.35. The van der Waals surface area contributed by atoms with Gasteiger partial charge < -0.3 is 15.5 Å². The summed E-state index contributed by atoms with van der Waals surface area (Å²) in [7, 11) is 2.12. The van der Waals surface area contributed by atoms with Crippen LogP contribution in [0.25, 0.3) is 0 Å². The number of anilines is 2. The molecule has 0 spiro atoms. The van der Waals surface area contributed by atoms with Gasteiger partial charge in [-0.15, -0.1) is 0 Å². The van der Waals surface area contributed by atoms with Crippen molar-refractivity contribution >= 4 is 23.2 Å². The van der Waals surface area contributed by atoms with Crippen LogP contribution >= 0.6 is 0 Å². The Morgan fingerprint density at radius 3 is 2.17 bits per heavy atom. The van der Waals surface area contributed by atoms with Crippen LogP contribution in [0.4, 0.5) is 11.4 Å². The molecule has 0 aromatic heterocycles. The summed E-state index contributed by atoms with van der Waals surface area (Å²) in [6.07, 6.45) is 2.24. The van der Waals surface area contributed by atoms with Gasteiger partial charge in [-0.2, -0.15) is 0 Å². The number of carbonyl (C=O) groups is 2. The molecular weight excluding hydrogens is 364 g/mol. The van der Waals surface area contributed by atoms with Gasteiger partial charge in [-0.3, -0.25) is 14.5 Å². The molecule has 1 saturated heterocycles. The SMILES string of the molecule is CN1CCCN(CC(=O)Nc2ccc(NC(=O)CCc3ccccc3)cc2)CC1. The molecule has 0 atom stereocenters. The molecule has 1 fully saturated rings. The van der Waals surface area contributed by atoms with E-state index in [-0.39, 0.29) is 11.8 Å². The first-order valence-electron chi connectivity index (χ1n) is 10.2. The number of likely N-dealkylation sites (N-methyl/N-ethyl adjacent to an activating group) is 1. The summed E-state index contributed by atoms with van der Waals surface area (Å²) in [5.41, 5.74) is 2.62. The summed E-state index contributed by atoms with van der Waals surface area (Å²) in [6.45, 7) is 4.35. The van der Waals surface area contributed by atoms with Crippen molar-refractivity contribution in [1.29, 1.82) is 0 Å². The van der Waals surface area contributed by atoms with Crippen molar-refractivity contribution in [3.8, 4) is 0 Å². The number of aryl methyl sites for hydroxylation is 1. The fraction of sp³-hybridized carbons (Fsp3) is 0.391. The summed E-state index contributed by atoms with van der Waals surface area (Å²) in [5.74, 6) is -0.0223. The zero-order valence-corrected chi connectivity index (χ0v) is 17.1. The molecule has 29 heavy (non-hydrogen) atoms. The monoisotopic (exact) mass is 394 g/mol. The first-order chi connectivity index (χ1) is 14.1. The molecule has 2 N–H and O–H groups in total. The van der Waals surface area contributed by atoms with Crippen molar-refractivity contribution in [2.24, 2.45) is 0 Å². The molecule has 1 heterocycles. The first kappa shape index (κ1) is 21.0. The average molecular weight is 395 g/mol. The van der Waals surface area contributed by atoms with Crippen molar-refractivity contribution in [2.75, 3.05) is 50.4 Å². The molecule has 6 heteroatoms. The second-order valence-electron chi connectivity index (χ2n) is 7.59. The molecule has 2 aromatic carbocycles. The van der Waals surface area contributed by atoms with Crippen molar-refractivity contribution in [1.82, 2.24) is 9.80 Å². The lowest BCUT2D eigenvalue weighted by Gasteiger charge is -2.19. The topological polar surface area (TPSA) is 64.7 Å². The van der Waals surface area contributed by atoms with Gasteiger partial charge in [0, 0.05) is 30.9 Å². The molecule has 3 rings (SSSR count). The zero-order chi connectivity index (χ0) is 20.5. The number of nitrogens with zero attached hydrogens (tertiary/aromatic N) is 2. The minimum absolute atomic E-state index is 0.00537. The summed E-state index contributed by atoms with van der Waals surface area (Å²) in [4.78, 5) is 28.9. The van der Waals surface area contributed by atoms with E-state index in [0.717, 1.165) is 49.5 Å². The van der Waals surface area contributed by atoms with Gasteiger partial charge in [0.05, 0.1) is 6.54 Å². The molecule has 1 aliphatic heterocycles. The Morgan fingerprint density at radius 2 is 1.48 bits per heavy atom.